The van der Waals surface area contributed by atoms with Crippen LogP contribution in [0.2, 0.25) is 0 Å². The van der Waals surface area contributed by atoms with E-state index in [0.717, 1.165) is 49.0 Å². The minimum absolute atomic E-state index is 0.715. The molecule has 0 aliphatic carbocycles. The number of nitrogens with zero attached hydrogens (tertiary/aromatic N) is 2. The lowest BCUT2D eigenvalue weighted by molar-refractivity contribution is 0.199. The minimum Gasteiger partial charge on any atom is -0.384 e. The normalized spacial score (nSPS) is 10.9. The molecule has 0 unspecified atom stereocenters. The van der Waals surface area contributed by atoms with Crippen molar-refractivity contribution in [2.45, 2.75) is 19.3 Å². The van der Waals surface area contributed by atoms with Gasteiger partial charge in [-0.05, 0) is 13.0 Å². The van der Waals surface area contributed by atoms with Gasteiger partial charge in [0.15, 0.2) is 0 Å². The van der Waals surface area contributed by atoms with Crippen molar-refractivity contribution >= 4 is 11.3 Å². The van der Waals surface area contributed by atoms with E-state index in [1.165, 1.54) is 0 Å². The molecule has 6 heteroatoms. The average Bonchev–Trinajstić information content (AvgIpc) is 2.79. The number of ether oxygens (including phenoxy) is 2. The van der Waals surface area contributed by atoms with Gasteiger partial charge in [-0.15, -0.1) is 21.5 Å². The van der Waals surface area contributed by atoms with Gasteiger partial charge in [-0.2, -0.15) is 0 Å². The lowest BCUT2D eigenvalue weighted by atomic mass is 10.3. The van der Waals surface area contributed by atoms with E-state index >= 15 is 0 Å². The highest BCUT2D eigenvalue weighted by atomic mass is 32.1. The highest BCUT2D eigenvalue weighted by molar-refractivity contribution is 7.11. The van der Waals surface area contributed by atoms with Gasteiger partial charge in [0.1, 0.15) is 10.0 Å². The maximum atomic E-state index is 5.01. The summed E-state index contributed by atoms with van der Waals surface area (Å²) in [5.41, 5.74) is 0. The smallest absolute Gasteiger partial charge is 0.119 e. The molecule has 1 aromatic rings. The van der Waals surface area contributed by atoms with E-state index in [9.17, 15) is 0 Å². The van der Waals surface area contributed by atoms with E-state index in [0.29, 0.717) is 6.61 Å². The Morgan fingerprint density at radius 2 is 1.71 bits per heavy atom. The summed E-state index contributed by atoms with van der Waals surface area (Å²) in [6.45, 7) is 3.38. The highest BCUT2D eigenvalue weighted by Crippen LogP contribution is 2.11. The van der Waals surface area contributed by atoms with Crippen LogP contribution in [0.3, 0.4) is 0 Å². The first-order chi connectivity index (χ1) is 8.36. The SMILES string of the molecule is COCCNCCCc1nnc(CCOC)s1. The monoisotopic (exact) mass is 259 g/mol. The van der Waals surface area contributed by atoms with Gasteiger partial charge in [-0.3, -0.25) is 0 Å². The molecule has 0 bridgehead atoms. The third-order valence-corrected chi connectivity index (χ3v) is 3.30. The summed E-state index contributed by atoms with van der Waals surface area (Å²) in [5.74, 6) is 0. The lowest BCUT2D eigenvalue weighted by Gasteiger charge is -2.01. The van der Waals surface area contributed by atoms with Gasteiger partial charge in [0.2, 0.25) is 0 Å². The molecule has 98 valence electrons. The van der Waals surface area contributed by atoms with Crippen LogP contribution in [0.1, 0.15) is 16.4 Å². The van der Waals surface area contributed by atoms with Gasteiger partial charge >= 0.3 is 0 Å². The molecule has 0 radical (unpaired) electrons. The first-order valence-corrected chi connectivity index (χ1v) is 6.68. The van der Waals surface area contributed by atoms with E-state index in [1.807, 2.05) is 0 Å². The van der Waals surface area contributed by atoms with E-state index in [4.69, 9.17) is 9.47 Å². The number of hydrogen-bond donors (Lipinski definition) is 1. The fourth-order valence-electron chi connectivity index (χ4n) is 1.34. The summed E-state index contributed by atoms with van der Waals surface area (Å²) in [5, 5.41) is 13.8. The molecular formula is C11H21N3O2S. The van der Waals surface area contributed by atoms with Gasteiger partial charge < -0.3 is 14.8 Å². The van der Waals surface area contributed by atoms with Crippen molar-refractivity contribution < 1.29 is 9.47 Å². The van der Waals surface area contributed by atoms with Crippen LogP contribution < -0.4 is 5.32 Å². The van der Waals surface area contributed by atoms with Crippen molar-refractivity contribution in [1.29, 1.82) is 0 Å². The Labute approximate surface area is 107 Å². The van der Waals surface area contributed by atoms with Crippen LogP contribution in [-0.2, 0) is 22.3 Å². The highest BCUT2D eigenvalue weighted by Gasteiger charge is 2.03. The van der Waals surface area contributed by atoms with Gasteiger partial charge in [-0.1, -0.05) is 0 Å². The second-order valence-corrected chi connectivity index (χ2v) is 4.83. The molecule has 0 atom stereocenters. The first kappa shape index (κ1) is 14.5. The van der Waals surface area contributed by atoms with Crippen molar-refractivity contribution in [2.24, 2.45) is 0 Å². The molecule has 0 saturated heterocycles. The summed E-state index contributed by atoms with van der Waals surface area (Å²) in [7, 11) is 3.41. The van der Waals surface area contributed by atoms with Crippen LogP contribution in [0, 0.1) is 0 Å². The molecular weight excluding hydrogens is 238 g/mol. The molecule has 0 fully saturated rings. The molecule has 0 spiro atoms. The Bertz CT molecular complexity index is 294. The van der Waals surface area contributed by atoms with Crippen LogP contribution in [-0.4, -0.2) is 50.7 Å². The minimum atomic E-state index is 0.715. The van der Waals surface area contributed by atoms with E-state index in [-0.39, 0.29) is 0 Å². The third-order valence-electron chi connectivity index (χ3n) is 2.26. The Balaban J connectivity index is 2.08. The van der Waals surface area contributed by atoms with Crippen molar-refractivity contribution in [3.05, 3.63) is 10.0 Å². The molecule has 1 aromatic heterocycles. The lowest BCUT2D eigenvalue weighted by Crippen LogP contribution is -2.20. The quantitative estimate of drug-likeness (QED) is 0.633. The predicted molar refractivity (Wildman–Crippen MR) is 68.6 cm³/mol. The molecule has 0 aromatic carbocycles. The van der Waals surface area contributed by atoms with Crippen molar-refractivity contribution in [3.8, 4) is 0 Å². The van der Waals surface area contributed by atoms with Gasteiger partial charge in [-0.25, -0.2) is 0 Å². The number of aromatic nitrogens is 2. The Morgan fingerprint density at radius 3 is 2.41 bits per heavy atom. The molecule has 0 aliphatic heterocycles. The zero-order valence-corrected chi connectivity index (χ0v) is 11.4. The fourth-order valence-corrected chi connectivity index (χ4v) is 2.21. The van der Waals surface area contributed by atoms with E-state index < -0.39 is 0 Å². The van der Waals surface area contributed by atoms with Gasteiger partial charge in [0, 0.05) is 33.6 Å². The largest absolute Gasteiger partial charge is 0.384 e. The molecule has 0 amide bonds. The van der Waals surface area contributed by atoms with Gasteiger partial charge in [0.05, 0.1) is 13.2 Å². The molecule has 1 rings (SSSR count). The van der Waals surface area contributed by atoms with Crippen molar-refractivity contribution in [1.82, 2.24) is 15.5 Å². The Hall–Kier alpha value is -0.560. The predicted octanol–water partition coefficient (Wildman–Crippen LogP) is 0.896. The van der Waals surface area contributed by atoms with Crippen molar-refractivity contribution in [3.63, 3.8) is 0 Å². The Morgan fingerprint density at radius 1 is 1.00 bits per heavy atom. The summed E-state index contributed by atoms with van der Waals surface area (Å²) < 4.78 is 9.96. The van der Waals surface area contributed by atoms with Crippen LogP contribution in [0.25, 0.3) is 0 Å². The second-order valence-electron chi connectivity index (χ2n) is 3.68. The van der Waals surface area contributed by atoms with Crippen LogP contribution in [0.15, 0.2) is 0 Å². The van der Waals surface area contributed by atoms with Crippen molar-refractivity contribution in [2.75, 3.05) is 40.5 Å². The Kier molecular flexibility index (Phi) is 8.08. The number of rotatable bonds is 10. The fraction of sp³-hybridized carbons (Fsp3) is 0.818. The molecule has 1 heterocycles. The summed E-state index contributed by atoms with van der Waals surface area (Å²) in [6, 6.07) is 0. The summed E-state index contributed by atoms with van der Waals surface area (Å²) in [4.78, 5) is 0. The zero-order chi connectivity index (χ0) is 12.3. The molecule has 17 heavy (non-hydrogen) atoms. The average molecular weight is 259 g/mol. The van der Waals surface area contributed by atoms with E-state index in [1.54, 1.807) is 25.6 Å². The number of methoxy groups -OCH3 is 2. The first-order valence-electron chi connectivity index (χ1n) is 5.86. The van der Waals surface area contributed by atoms with Crippen LogP contribution in [0.4, 0.5) is 0 Å². The maximum Gasteiger partial charge on any atom is 0.119 e. The zero-order valence-electron chi connectivity index (χ0n) is 10.6. The standard InChI is InChI=1S/C11H21N3O2S/c1-15-8-5-11-14-13-10(17-11)4-3-6-12-7-9-16-2/h12H,3-9H2,1-2H3. The van der Waals surface area contributed by atoms with Crippen LogP contribution in [0.5, 0.6) is 0 Å². The molecule has 0 saturated carbocycles. The topological polar surface area (TPSA) is 56.3 Å². The summed E-state index contributed by atoms with van der Waals surface area (Å²) in [6.07, 6.45) is 2.94. The summed E-state index contributed by atoms with van der Waals surface area (Å²) >= 11 is 1.69. The molecule has 5 nitrogen and oxygen atoms in total. The van der Waals surface area contributed by atoms with E-state index in [2.05, 4.69) is 15.5 Å². The maximum absolute atomic E-state index is 5.01. The second kappa shape index (κ2) is 9.47. The van der Waals surface area contributed by atoms with Crippen LogP contribution >= 0.6 is 11.3 Å². The number of nitrogens with one attached hydrogen (secondary N) is 1. The number of hydrogen-bond acceptors (Lipinski definition) is 6. The third kappa shape index (κ3) is 6.68. The number of aryl methyl sites for hydroxylation is 1. The molecule has 1 N–H and O–H groups in total. The van der Waals surface area contributed by atoms with Gasteiger partial charge in [0.25, 0.3) is 0 Å². The molecule has 0 aliphatic rings.